The average Bonchev–Trinajstić information content (AvgIpc) is 2.57. The minimum absolute atomic E-state index is 1.08. The number of unbranched alkanes of at least 4 members (excludes halogenated alkanes) is 4. The first kappa shape index (κ1) is 19.9. The van der Waals surface area contributed by atoms with Gasteiger partial charge in [0.25, 0.3) is 0 Å². The van der Waals surface area contributed by atoms with Crippen molar-refractivity contribution in [2.24, 2.45) is 0 Å². The summed E-state index contributed by atoms with van der Waals surface area (Å²) in [5.41, 5.74) is 4.29. The highest BCUT2D eigenvalue weighted by Crippen LogP contribution is 2.26. The van der Waals surface area contributed by atoms with Gasteiger partial charge in [0.15, 0.2) is 0 Å². The topological polar surface area (TPSA) is 6.48 Å². The van der Waals surface area contributed by atoms with E-state index in [1.807, 2.05) is 0 Å². The van der Waals surface area contributed by atoms with Gasteiger partial charge in [0.1, 0.15) is 0 Å². The van der Waals surface area contributed by atoms with Gasteiger partial charge >= 0.3 is 0 Å². The lowest BCUT2D eigenvalue weighted by Crippen LogP contribution is -2.25. The molecule has 0 aromatic heterocycles. The molecule has 0 bridgehead atoms. The van der Waals surface area contributed by atoms with Crippen molar-refractivity contribution in [3.63, 3.8) is 0 Å². The molecule has 0 aliphatic heterocycles. The summed E-state index contributed by atoms with van der Waals surface area (Å²) in [6.45, 7) is 15.6. The second-order valence-electron chi connectivity index (χ2n) is 6.37. The van der Waals surface area contributed by atoms with Crippen LogP contribution < -0.4 is 9.80 Å². The molecule has 0 spiro atoms. The monoisotopic (exact) mass is 318 g/mol. The highest BCUT2D eigenvalue weighted by Gasteiger charge is 2.09. The zero-order valence-corrected chi connectivity index (χ0v) is 16.2. The fraction of sp³-hybridized carbons (Fsp3) is 0.714. The Morgan fingerprint density at radius 1 is 0.609 bits per heavy atom. The zero-order chi connectivity index (χ0) is 17.1. The summed E-state index contributed by atoms with van der Waals surface area (Å²) < 4.78 is 0. The average molecular weight is 319 g/mol. The highest BCUT2D eigenvalue weighted by atomic mass is 15.1. The molecule has 132 valence electrons. The van der Waals surface area contributed by atoms with E-state index >= 15 is 0 Å². The van der Waals surface area contributed by atoms with Crippen LogP contribution in [0.5, 0.6) is 0 Å². The summed E-state index contributed by atoms with van der Waals surface area (Å²) in [5, 5.41) is 0. The Morgan fingerprint density at radius 2 is 1.09 bits per heavy atom. The third kappa shape index (κ3) is 6.45. The number of nitrogens with zero attached hydrogens (tertiary/aromatic N) is 2. The Labute approximate surface area is 144 Å². The first-order chi connectivity index (χ1) is 11.2. The zero-order valence-electron chi connectivity index (χ0n) is 16.2. The van der Waals surface area contributed by atoms with E-state index in [4.69, 9.17) is 0 Å². The van der Waals surface area contributed by atoms with Gasteiger partial charge in [-0.2, -0.15) is 0 Å². The lowest BCUT2D eigenvalue weighted by Gasteiger charge is -2.27. The van der Waals surface area contributed by atoms with Crippen molar-refractivity contribution in [1.29, 1.82) is 0 Å². The number of hydrogen-bond donors (Lipinski definition) is 0. The van der Waals surface area contributed by atoms with Crippen LogP contribution in [0, 0.1) is 0 Å². The molecule has 0 saturated heterocycles. The number of benzene rings is 1. The first-order valence-electron chi connectivity index (χ1n) is 9.83. The van der Waals surface area contributed by atoms with Crippen molar-refractivity contribution >= 4 is 11.4 Å². The molecule has 0 aliphatic carbocycles. The van der Waals surface area contributed by atoms with Crippen molar-refractivity contribution in [3.05, 3.63) is 23.8 Å². The predicted molar refractivity (Wildman–Crippen MR) is 106 cm³/mol. The van der Waals surface area contributed by atoms with Crippen molar-refractivity contribution in [2.75, 3.05) is 36.0 Å². The van der Waals surface area contributed by atoms with Gasteiger partial charge in [-0.1, -0.05) is 32.6 Å². The van der Waals surface area contributed by atoms with Crippen LogP contribution in [0.4, 0.5) is 11.4 Å². The minimum Gasteiger partial charge on any atom is -0.372 e. The maximum atomic E-state index is 2.47. The lowest BCUT2D eigenvalue weighted by atomic mass is 10.0. The van der Waals surface area contributed by atoms with E-state index in [1.54, 1.807) is 0 Å². The molecule has 0 unspecified atom stereocenters. The first-order valence-corrected chi connectivity index (χ1v) is 9.83. The molecular formula is C21H38N2. The maximum Gasteiger partial charge on any atom is 0.0389 e. The normalized spacial score (nSPS) is 10.8. The Kier molecular flexibility index (Phi) is 9.82. The largest absolute Gasteiger partial charge is 0.372 e. The van der Waals surface area contributed by atoms with E-state index in [-0.39, 0.29) is 0 Å². The fourth-order valence-corrected chi connectivity index (χ4v) is 3.28. The van der Waals surface area contributed by atoms with Crippen LogP contribution in [0.15, 0.2) is 18.2 Å². The maximum absolute atomic E-state index is 2.47. The fourth-order valence-electron chi connectivity index (χ4n) is 3.28. The predicted octanol–water partition coefficient (Wildman–Crippen LogP) is 5.89. The third-order valence-corrected chi connectivity index (χ3v) is 4.79. The summed E-state index contributed by atoms with van der Waals surface area (Å²) in [5.74, 6) is 0. The van der Waals surface area contributed by atoms with Crippen LogP contribution in [0.3, 0.4) is 0 Å². The van der Waals surface area contributed by atoms with Crippen LogP contribution in [0.1, 0.15) is 72.3 Å². The van der Waals surface area contributed by atoms with Crippen LogP contribution in [0.25, 0.3) is 0 Å². The molecule has 0 fully saturated rings. The van der Waals surface area contributed by atoms with Crippen molar-refractivity contribution in [3.8, 4) is 0 Å². The Balaban J connectivity index is 2.89. The van der Waals surface area contributed by atoms with Crippen molar-refractivity contribution in [2.45, 2.75) is 73.1 Å². The van der Waals surface area contributed by atoms with E-state index in [9.17, 15) is 0 Å². The molecule has 1 aromatic carbocycles. The van der Waals surface area contributed by atoms with Gasteiger partial charge < -0.3 is 9.80 Å². The van der Waals surface area contributed by atoms with E-state index < -0.39 is 0 Å². The molecular weight excluding hydrogens is 280 g/mol. The van der Waals surface area contributed by atoms with E-state index in [1.165, 1.54) is 55.5 Å². The third-order valence-electron chi connectivity index (χ3n) is 4.79. The van der Waals surface area contributed by atoms with E-state index in [2.05, 4.69) is 62.6 Å². The van der Waals surface area contributed by atoms with Crippen LogP contribution >= 0.6 is 0 Å². The molecule has 2 nitrogen and oxygen atoms in total. The minimum atomic E-state index is 1.08. The molecule has 0 radical (unpaired) electrons. The Hall–Kier alpha value is -1.18. The van der Waals surface area contributed by atoms with Gasteiger partial charge in [-0.05, 0) is 64.3 Å². The van der Waals surface area contributed by atoms with Gasteiger partial charge in [0.05, 0.1) is 0 Å². The summed E-state index contributed by atoms with van der Waals surface area (Å²) >= 11 is 0. The van der Waals surface area contributed by atoms with Crippen LogP contribution in [0.2, 0.25) is 0 Å². The second kappa shape index (κ2) is 11.4. The van der Waals surface area contributed by atoms with Crippen LogP contribution in [-0.2, 0) is 6.42 Å². The number of rotatable bonds is 12. The molecule has 0 N–H and O–H groups in total. The summed E-state index contributed by atoms with van der Waals surface area (Å²) in [6, 6.07) is 7.21. The second-order valence-corrected chi connectivity index (χ2v) is 6.37. The molecule has 1 rings (SSSR count). The van der Waals surface area contributed by atoms with Gasteiger partial charge in [-0.25, -0.2) is 0 Å². The number of hydrogen-bond acceptors (Lipinski definition) is 2. The molecule has 0 aliphatic rings. The van der Waals surface area contributed by atoms with Gasteiger partial charge in [-0.15, -0.1) is 0 Å². The summed E-state index contributed by atoms with van der Waals surface area (Å²) in [7, 11) is 0. The SMILES string of the molecule is CCCCCCCc1cc(N(CC)CC)cc(N(CC)CC)c1. The van der Waals surface area contributed by atoms with Gasteiger partial charge in [0, 0.05) is 37.6 Å². The molecule has 0 saturated carbocycles. The summed E-state index contributed by atoms with van der Waals surface area (Å²) in [4.78, 5) is 4.93. The molecule has 0 amide bonds. The molecule has 23 heavy (non-hydrogen) atoms. The van der Waals surface area contributed by atoms with Gasteiger partial charge in [0.2, 0.25) is 0 Å². The smallest absolute Gasteiger partial charge is 0.0389 e. The summed E-state index contributed by atoms with van der Waals surface area (Å²) in [6.07, 6.45) is 7.99. The highest BCUT2D eigenvalue weighted by molar-refractivity contribution is 5.61. The van der Waals surface area contributed by atoms with E-state index in [0.717, 1.165) is 26.2 Å². The van der Waals surface area contributed by atoms with E-state index in [0.29, 0.717) is 0 Å². The Bertz CT molecular complexity index is 390. The van der Waals surface area contributed by atoms with Crippen molar-refractivity contribution in [1.82, 2.24) is 0 Å². The molecule has 1 aromatic rings. The van der Waals surface area contributed by atoms with Gasteiger partial charge in [-0.3, -0.25) is 0 Å². The van der Waals surface area contributed by atoms with Crippen molar-refractivity contribution < 1.29 is 0 Å². The quantitative estimate of drug-likeness (QED) is 0.443. The standard InChI is InChI=1S/C21H38N2/c1-6-11-12-13-14-15-19-16-20(22(7-2)8-3)18-21(17-19)23(9-4)10-5/h16-18H,6-15H2,1-5H3. The lowest BCUT2D eigenvalue weighted by molar-refractivity contribution is 0.632. The molecule has 0 heterocycles. The molecule has 0 atom stereocenters. The van der Waals surface area contributed by atoms with Crippen LogP contribution in [-0.4, -0.2) is 26.2 Å². The number of anilines is 2. The number of aryl methyl sites for hydroxylation is 1. The Morgan fingerprint density at radius 3 is 1.52 bits per heavy atom. The molecule has 2 heteroatoms.